The van der Waals surface area contributed by atoms with Crippen molar-refractivity contribution in [3.8, 4) is 0 Å². The highest BCUT2D eigenvalue weighted by Gasteiger charge is 2.12. The minimum Gasteiger partial charge on any atom is -0.379 e. The molecular weight excluding hydrogens is 180 g/mol. The first-order valence-electron chi connectivity index (χ1n) is 5.33. The zero-order chi connectivity index (χ0) is 11.0. The van der Waals surface area contributed by atoms with Crippen LogP contribution in [0.3, 0.4) is 0 Å². The van der Waals surface area contributed by atoms with Crippen LogP contribution in [-0.2, 0) is 14.3 Å². The number of Topliss-reactive ketones (excluding diaryl/α,β-unsaturated/α-hetero) is 1. The average Bonchev–Trinajstić information content (AvgIpc) is 2.21. The molecule has 0 aliphatic rings. The van der Waals surface area contributed by atoms with Gasteiger partial charge in [0.1, 0.15) is 6.61 Å². The summed E-state index contributed by atoms with van der Waals surface area (Å²) in [5, 5.41) is 0. The molecule has 0 rings (SSSR count). The quantitative estimate of drug-likeness (QED) is 0.604. The van der Waals surface area contributed by atoms with Gasteiger partial charge in [-0.2, -0.15) is 0 Å². The van der Waals surface area contributed by atoms with Crippen LogP contribution in [0.2, 0.25) is 0 Å². The Morgan fingerprint density at radius 2 is 1.93 bits per heavy atom. The summed E-state index contributed by atoms with van der Waals surface area (Å²) in [5.74, 6) is 0.283. The van der Waals surface area contributed by atoms with Gasteiger partial charge in [-0.3, -0.25) is 4.79 Å². The number of ether oxygens (including phenoxy) is 2. The topological polar surface area (TPSA) is 35.5 Å². The lowest BCUT2D eigenvalue weighted by Crippen LogP contribution is -2.23. The summed E-state index contributed by atoms with van der Waals surface area (Å²) in [7, 11) is 0. The highest BCUT2D eigenvalue weighted by molar-refractivity contribution is 5.81. The lowest BCUT2D eigenvalue weighted by molar-refractivity contribution is -0.130. The van der Waals surface area contributed by atoms with E-state index in [9.17, 15) is 4.79 Å². The zero-order valence-corrected chi connectivity index (χ0v) is 9.71. The molecule has 3 nitrogen and oxygen atoms in total. The molecule has 0 aromatic heterocycles. The van der Waals surface area contributed by atoms with Gasteiger partial charge in [-0.25, -0.2) is 0 Å². The Morgan fingerprint density at radius 1 is 1.29 bits per heavy atom. The van der Waals surface area contributed by atoms with E-state index in [0.717, 1.165) is 6.42 Å². The van der Waals surface area contributed by atoms with Gasteiger partial charge in [-0.1, -0.05) is 13.8 Å². The van der Waals surface area contributed by atoms with E-state index in [2.05, 4.69) is 0 Å². The number of hydrogen-bond acceptors (Lipinski definition) is 3. The number of rotatable bonds is 8. The second kappa shape index (κ2) is 7.94. The van der Waals surface area contributed by atoms with Crippen LogP contribution in [-0.4, -0.2) is 31.7 Å². The molecule has 0 bridgehead atoms. The van der Waals surface area contributed by atoms with Gasteiger partial charge in [0.25, 0.3) is 0 Å². The molecule has 0 aromatic rings. The molecule has 0 spiro atoms. The second-order valence-corrected chi connectivity index (χ2v) is 3.56. The summed E-state index contributed by atoms with van der Waals surface area (Å²) in [5.41, 5.74) is 0. The van der Waals surface area contributed by atoms with Crippen LogP contribution in [0, 0.1) is 5.92 Å². The monoisotopic (exact) mass is 202 g/mol. The minimum atomic E-state index is 0.00274. The van der Waals surface area contributed by atoms with Crippen LogP contribution < -0.4 is 0 Å². The maximum absolute atomic E-state index is 11.4. The van der Waals surface area contributed by atoms with Crippen LogP contribution in [0.4, 0.5) is 0 Å². The maximum Gasteiger partial charge on any atom is 0.161 e. The zero-order valence-electron chi connectivity index (χ0n) is 9.71. The van der Waals surface area contributed by atoms with Gasteiger partial charge in [0.15, 0.2) is 5.78 Å². The molecule has 2 atom stereocenters. The van der Waals surface area contributed by atoms with Crippen LogP contribution in [0.1, 0.15) is 34.1 Å². The van der Waals surface area contributed by atoms with Crippen molar-refractivity contribution in [2.24, 2.45) is 5.92 Å². The fourth-order valence-corrected chi connectivity index (χ4v) is 0.926. The van der Waals surface area contributed by atoms with Crippen LogP contribution in [0.25, 0.3) is 0 Å². The van der Waals surface area contributed by atoms with E-state index >= 15 is 0 Å². The summed E-state index contributed by atoms with van der Waals surface area (Å²) in [4.78, 5) is 11.4. The summed E-state index contributed by atoms with van der Waals surface area (Å²) < 4.78 is 10.5. The molecule has 3 heteroatoms. The van der Waals surface area contributed by atoms with Gasteiger partial charge in [-0.05, 0) is 20.3 Å². The molecule has 84 valence electrons. The predicted molar refractivity (Wildman–Crippen MR) is 56.4 cm³/mol. The largest absolute Gasteiger partial charge is 0.379 e. The highest BCUT2D eigenvalue weighted by Crippen LogP contribution is 2.03. The molecule has 0 aliphatic heterocycles. The predicted octanol–water partition coefficient (Wildman–Crippen LogP) is 2.04. The Kier molecular flexibility index (Phi) is 7.71. The van der Waals surface area contributed by atoms with E-state index in [1.807, 2.05) is 27.7 Å². The van der Waals surface area contributed by atoms with Gasteiger partial charge in [0, 0.05) is 12.5 Å². The van der Waals surface area contributed by atoms with Gasteiger partial charge < -0.3 is 9.47 Å². The Balaban J connectivity index is 3.55. The molecule has 0 radical (unpaired) electrons. The van der Waals surface area contributed by atoms with Crippen molar-refractivity contribution in [2.75, 3.05) is 19.8 Å². The fourth-order valence-electron chi connectivity index (χ4n) is 0.926. The summed E-state index contributed by atoms with van der Waals surface area (Å²) >= 11 is 0. The third-order valence-electron chi connectivity index (χ3n) is 2.23. The lowest BCUT2D eigenvalue weighted by Gasteiger charge is -2.13. The van der Waals surface area contributed by atoms with Crippen LogP contribution >= 0.6 is 0 Å². The van der Waals surface area contributed by atoms with Gasteiger partial charge in [-0.15, -0.1) is 0 Å². The Morgan fingerprint density at radius 3 is 2.43 bits per heavy atom. The minimum absolute atomic E-state index is 0.00274. The van der Waals surface area contributed by atoms with Gasteiger partial charge >= 0.3 is 0 Å². The number of carbonyl (C=O) groups excluding carboxylic acids is 1. The van der Waals surface area contributed by atoms with E-state index in [1.54, 1.807) is 0 Å². The summed E-state index contributed by atoms with van der Waals surface area (Å²) in [6.45, 7) is 9.25. The molecule has 0 N–H and O–H groups in total. The number of ketones is 1. The molecular formula is C11H22O3. The van der Waals surface area contributed by atoms with E-state index < -0.39 is 0 Å². The van der Waals surface area contributed by atoms with E-state index in [1.165, 1.54) is 0 Å². The molecule has 14 heavy (non-hydrogen) atoms. The first-order valence-corrected chi connectivity index (χ1v) is 5.33. The number of carbonyl (C=O) groups is 1. The van der Waals surface area contributed by atoms with E-state index in [4.69, 9.17) is 9.47 Å². The fraction of sp³-hybridized carbons (Fsp3) is 0.909. The molecule has 0 heterocycles. The Hall–Kier alpha value is -0.410. The standard InChI is InChI=1S/C11H22O3/c1-5-9(3)11(12)8-14-10(4)7-13-6-2/h9-10H,5-8H2,1-4H3. The molecule has 0 fully saturated rings. The third-order valence-corrected chi connectivity index (χ3v) is 2.23. The van der Waals surface area contributed by atoms with E-state index in [0.29, 0.717) is 13.2 Å². The van der Waals surface area contributed by atoms with Gasteiger partial charge in [0.2, 0.25) is 0 Å². The molecule has 0 aliphatic carbocycles. The second-order valence-electron chi connectivity index (χ2n) is 3.56. The van der Waals surface area contributed by atoms with Crippen molar-refractivity contribution < 1.29 is 14.3 Å². The van der Waals surface area contributed by atoms with Crippen molar-refractivity contribution in [3.05, 3.63) is 0 Å². The first kappa shape index (κ1) is 13.6. The average molecular weight is 202 g/mol. The molecule has 0 amide bonds. The van der Waals surface area contributed by atoms with Crippen molar-refractivity contribution >= 4 is 5.78 Å². The van der Waals surface area contributed by atoms with E-state index in [-0.39, 0.29) is 24.4 Å². The smallest absolute Gasteiger partial charge is 0.161 e. The van der Waals surface area contributed by atoms with Crippen molar-refractivity contribution in [1.82, 2.24) is 0 Å². The molecule has 0 aromatic carbocycles. The maximum atomic E-state index is 11.4. The van der Waals surface area contributed by atoms with Crippen LogP contribution in [0.15, 0.2) is 0 Å². The molecule has 0 saturated carbocycles. The van der Waals surface area contributed by atoms with Crippen LogP contribution in [0.5, 0.6) is 0 Å². The summed E-state index contributed by atoms with van der Waals surface area (Å²) in [6, 6.07) is 0. The number of hydrogen-bond donors (Lipinski definition) is 0. The van der Waals surface area contributed by atoms with Crippen molar-refractivity contribution in [1.29, 1.82) is 0 Å². The third kappa shape index (κ3) is 6.11. The molecule has 2 unspecified atom stereocenters. The SMILES string of the molecule is CCOCC(C)OCC(=O)C(C)CC. The first-order chi connectivity index (χ1) is 6.61. The van der Waals surface area contributed by atoms with Crippen molar-refractivity contribution in [3.63, 3.8) is 0 Å². The normalized spacial score (nSPS) is 15.1. The lowest BCUT2D eigenvalue weighted by atomic mass is 10.0. The Labute approximate surface area is 86.8 Å². The Bertz CT molecular complexity index is 157. The van der Waals surface area contributed by atoms with Crippen molar-refractivity contribution in [2.45, 2.75) is 40.2 Å². The summed E-state index contributed by atoms with van der Waals surface area (Å²) in [6.07, 6.45) is 0.880. The van der Waals surface area contributed by atoms with Gasteiger partial charge in [0.05, 0.1) is 12.7 Å². The molecule has 0 saturated heterocycles. The highest BCUT2D eigenvalue weighted by atomic mass is 16.5.